The third kappa shape index (κ3) is 47.5. The lowest BCUT2D eigenvalue weighted by atomic mass is 10.4. The Morgan fingerprint density at radius 1 is 0.842 bits per heavy atom. The first-order valence-electron chi connectivity index (χ1n) is 6.19. The molecule has 0 aromatic carbocycles. The molecule has 116 valence electrons. The van der Waals surface area contributed by atoms with Gasteiger partial charge in [-0.25, -0.2) is 0 Å². The second-order valence-electron chi connectivity index (χ2n) is 3.35. The first-order valence-corrected chi connectivity index (χ1v) is 6.19. The van der Waals surface area contributed by atoms with E-state index in [9.17, 15) is 9.59 Å². The van der Waals surface area contributed by atoms with Crippen LogP contribution in [0.5, 0.6) is 0 Å². The van der Waals surface area contributed by atoms with E-state index in [1.165, 1.54) is 0 Å². The van der Waals surface area contributed by atoms with Crippen molar-refractivity contribution >= 4 is 11.9 Å². The zero-order valence-electron chi connectivity index (χ0n) is 11.7. The van der Waals surface area contributed by atoms with Gasteiger partial charge in [-0.2, -0.15) is 0 Å². The highest BCUT2D eigenvalue weighted by Crippen LogP contribution is 1.82. The van der Waals surface area contributed by atoms with Crippen LogP contribution < -0.4 is 0 Å². The van der Waals surface area contributed by atoms with E-state index in [2.05, 4.69) is 4.74 Å². The number of rotatable bonds is 8. The summed E-state index contributed by atoms with van der Waals surface area (Å²) in [5, 5.41) is 32.0. The molecule has 0 aromatic rings. The zero-order chi connectivity index (χ0) is 15.5. The zero-order valence-corrected chi connectivity index (χ0v) is 11.7. The molecule has 7 nitrogen and oxygen atoms in total. The van der Waals surface area contributed by atoms with E-state index < -0.39 is 11.9 Å². The maximum atomic E-state index is 9.60. The maximum Gasteiger partial charge on any atom is 0.303 e. The summed E-state index contributed by atoms with van der Waals surface area (Å²) in [5.41, 5.74) is 0. The van der Waals surface area contributed by atoms with Gasteiger partial charge in [0.2, 0.25) is 0 Å². The summed E-state index contributed by atoms with van der Waals surface area (Å²) in [4.78, 5) is 19.2. The highest BCUT2D eigenvalue weighted by atomic mass is 16.5. The van der Waals surface area contributed by atoms with E-state index in [1.54, 1.807) is 0 Å². The minimum absolute atomic E-state index is 0.0278. The number of ether oxygens (including phenoxy) is 1. The fourth-order valence-electron chi connectivity index (χ4n) is 0.659. The third-order valence-corrected chi connectivity index (χ3v) is 1.40. The van der Waals surface area contributed by atoms with E-state index in [1.807, 2.05) is 13.8 Å². The third-order valence-electron chi connectivity index (χ3n) is 1.40. The molecule has 0 aliphatic heterocycles. The maximum absolute atomic E-state index is 9.60. The molecule has 0 rings (SSSR count). The van der Waals surface area contributed by atoms with Crippen molar-refractivity contribution in [1.29, 1.82) is 0 Å². The standard InChI is InChI=1S/C4H10O3.2C4H8O2/c5-1-3-7-4-2-6;2*1-2-3-4(5)6/h5-6H,1-4H2;2*2-3H2,1H3,(H,5,6). The van der Waals surface area contributed by atoms with Crippen molar-refractivity contribution in [3.05, 3.63) is 0 Å². The Kier molecular flexibility index (Phi) is 26.6. The number of carboxylic acids is 2. The van der Waals surface area contributed by atoms with Crippen LogP contribution in [0.4, 0.5) is 0 Å². The van der Waals surface area contributed by atoms with Crippen LogP contribution in [-0.4, -0.2) is 58.8 Å². The molecule has 0 fully saturated rings. The van der Waals surface area contributed by atoms with Crippen molar-refractivity contribution in [2.75, 3.05) is 26.4 Å². The normalized spacial score (nSPS) is 8.63. The summed E-state index contributed by atoms with van der Waals surface area (Å²) in [7, 11) is 0. The molecular weight excluding hydrogens is 256 g/mol. The quantitative estimate of drug-likeness (QED) is 0.484. The lowest BCUT2D eigenvalue weighted by Gasteiger charge is -1.94. The molecule has 0 aromatic heterocycles. The number of aliphatic hydroxyl groups excluding tert-OH is 2. The molecule has 4 N–H and O–H groups in total. The molecule has 0 heterocycles. The fraction of sp³-hybridized carbons (Fsp3) is 0.833. The first-order chi connectivity index (χ1) is 8.95. The van der Waals surface area contributed by atoms with Gasteiger partial charge in [-0.15, -0.1) is 0 Å². The largest absolute Gasteiger partial charge is 0.481 e. The van der Waals surface area contributed by atoms with Gasteiger partial charge in [0.05, 0.1) is 26.4 Å². The van der Waals surface area contributed by atoms with Crippen molar-refractivity contribution in [2.24, 2.45) is 0 Å². The van der Waals surface area contributed by atoms with Crippen LogP contribution in [0, 0.1) is 0 Å². The summed E-state index contributed by atoms with van der Waals surface area (Å²) in [6, 6.07) is 0. The first kappa shape index (κ1) is 23.0. The number of hydrogen-bond acceptors (Lipinski definition) is 5. The molecule has 0 spiro atoms. The van der Waals surface area contributed by atoms with Crippen molar-refractivity contribution in [2.45, 2.75) is 39.5 Å². The van der Waals surface area contributed by atoms with E-state index in [0.29, 0.717) is 26.1 Å². The number of aliphatic carboxylic acids is 2. The van der Waals surface area contributed by atoms with Gasteiger partial charge in [0.15, 0.2) is 0 Å². The van der Waals surface area contributed by atoms with Crippen LogP contribution in [-0.2, 0) is 14.3 Å². The molecule has 0 atom stereocenters. The van der Waals surface area contributed by atoms with E-state index >= 15 is 0 Å². The van der Waals surface area contributed by atoms with Gasteiger partial charge in [-0.3, -0.25) is 9.59 Å². The van der Waals surface area contributed by atoms with Crippen LogP contribution in [0.2, 0.25) is 0 Å². The van der Waals surface area contributed by atoms with E-state index in [-0.39, 0.29) is 13.2 Å². The minimum Gasteiger partial charge on any atom is -0.481 e. The summed E-state index contributed by atoms with van der Waals surface area (Å²) in [5.74, 6) is -1.42. The Hall–Kier alpha value is -1.18. The van der Waals surface area contributed by atoms with Gasteiger partial charge in [0.1, 0.15) is 0 Å². The van der Waals surface area contributed by atoms with Gasteiger partial charge in [-0.1, -0.05) is 13.8 Å². The second kappa shape index (κ2) is 22.0. The predicted molar refractivity (Wildman–Crippen MR) is 70.1 cm³/mol. The Morgan fingerprint density at radius 2 is 1.16 bits per heavy atom. The molecule has 0 radical (unpaired) electrons. The molecule has 0 saturated heterocycles. The highest BCUT2D eigenvalue weighted by Gasteiger charge is 1.88. The Labute approximate surface area is 113 Å². The number of carbonyl (C=O) groups is 2. The average Bonchev–Trinajstić information content (AvgIpc) is 2.31. The van der Waals surface area contributed by atoms with Crippen LogP contribution in [0.3, 0.4) is 0 Å². The number of aliphatic hydroxyl groups is 2. The predicted octanol–water partition coefficient (Wildman–Crippen LogP) is 0.730. The van der Waals surface area contributed by atoms with Crippen LogP contribution >= 0.6 is 0 Å². The molecule has 19 heavy (non-hydrogen) atoms. The fourth-order valence-corrected chi connectivity index (χ4v) is 0.659. The summed E-state index contributed by atoms with van der Waals surface area (Å²) >= 11 is 0. The van der Waals surface area contributed by atoms with Crippen LogP contribution in [0.15, 0.2) is 0 Å². The smallest absolute Gasteiger partial charge is 0.303 e. The molecule has 0 amide bonds. The number of carboxylic acid groups (broad SMARTS) is 2. The lowest BCUT2D eigenvalue weighted by molar-refractivity contribution is -0.138. The monoisotopic (exact) mass is 282 g/mol. The number of hydrogen-bond donors (Lipinski definition) is 4. The molecule has 0 bridgehead atoms. The summed E-state index contributed by atoms with van der Waals surface area (Å²) < 4.78 is 4.63. The molecule has 0 aliphatic carbocycles. The van der Waals surface area contributed by atoms with Gasteiger partial charge in [-0.05, 0) is 12.8 Å². The van der Waals surface area contributed by atoms with Crippen molar-refractivity contribution in [3.63, 3.8) is 0 Å². The van der Waals surface area contributed by atoms with Crippen molar-refractivity contribution in [1.82, 2.24) is 0 Å². The van der Waals surface area contributed by atoms with Crippen molar-refractivity contribution < 1.29 is 34.8 Å². The molecule has 7 heteroatoms. The minimum atomic E-state index is -0.711. The molecule has 0 unspecified atom stereocenters. The summed E-state index contributed by atoms with van der Waals surface area (Å²) in [6.07, 6.45) is 2.05. The van der Waals surface area contributed by atoms with Crippen LogP contribution in [0.25, 0.3) is 0 Å². The lowest BCUT2D eigenvalue weighted by Crippen LogP contribution is -2.03. The molecule has 0 saturated carbocycles. The topological polar surface area (TPSA) is 124 Å². The second-order valence-corrected chi connectivity index (χ2v) is 3.35. The van der Waals surface area contributed by atoms with Crippen molar-refractivity contribution in [3.8, 4) is 0 Å². The molecular formula is C12H26O7. The van der Waals surface area contributed by atoms with E-state index in [0.717, 1.165) is 12.8 Å². The van der Waals surface area contributed by atoms with Gasteiger partial charge in [0, 0.05) is 12.8 Å². The van der Waals surface area contributed by atoms with Gasteiger partial charge >= 0.3 is 11.9 Å². The SMILES string of the molecule is CCCC(=O)O.CCCC(=O)O.OCCOCCO. The Balaban J connectivity index is -0.000000203. The Bertz CT molecular complexity index is 175. The average molecular weight is 282 g/mol. The Morgan fingerprint density at radius 3 is 1.26 bits per heavy atom. The van der Waals surface area contributed by atoms with Gasteiger partial charge in [0.25, 0.3) is 0 Å². The summed E-state index contributed by atoms with van der Waals surface area (Å²) in [6.45, 7) is 4.38. The van der Waals surface area contributed by atoms with Gasteiger partial charge < -0.3 is 25.2 Å². The van der Waals surface area contributed by atoms with Crippen LogP contribution in [0.1, 0.15) is 39.5 Å². The highest BCUT2D eigenvalue weighted by molar-refractivity contribution is 5.66. The van der Waals surface area contributed by atoms with E-state index in [4.69, 9.17) is 20.4 Å². The molecule has 0 aliphatic rings.